The topological polar surface area (TPSA) is 141 Å². The second-order valence-corrected chi connectivity index (χ2v) is 10.4. The Kier molecular flexibility index (Phi) is 11.0. The lowest BCUT2D eigenvalue weighted by Crippen LogP contribution is -2.50. The summed E-state index contributed by atoms with van der Waals surface area (Å²) in [7, 11) is 5.90. The molecule has 0 radical (unpaired) electrons. The van der Waals surface area contributed by atoms with E-state index in [9.17, 15) is 14.4 Å². The first-order valence-electron chi connectivity index (χ1n) is 13.8. The van der Waals surface area contributed by atoms with Gasteiger partial charge in [-0.25, -0.2) is 0 Å². The van der Waals surface area contributed by atoms with Gasteiger partial charge in [-0.05, 0) is 45.4 Å². The van der Waals surface area contributed by atoms with E-state index in [1.165, 1.54) is 33.3 Å². The first kappa shape index (κ1) is 32.8. The molecule has 0 unspecified atom stereocenters. The van der Waals surface area contributed by atoms with E-state index in [1.807, 2.05) is 20.8 Å². The molecule has 3 aromatic rings. The van der Waals surface area contributed by atoms with Crippen molar-refractivity contribution in [2.24, 2.45) is 0 Å². The van der Waals surface area contributed by atoms with Crippen LogP contribution in [0.3, 0.4) is 0 Å². The molecule has 0 bridgehead atoms. The molecule has 0 aliphatic carbocycles. The summed E-state index contributed by atoms with van der Waals surface area (Å²) in [6.45, 7) is 7.42. The number of aromatic nitrogens is 1. The van der Waals surface area contributed by atoms with Gasteiger partial charge in [0.05, 0.1) is 34.1 Å². The van der Waals surface area contributed by atoms with Crippen LogP contribution in [0.15, 0.2) is 47.0 Å². The molecule has 12 heteroatoms. The molecule has 0 aliphatic rings. The molecule has 1 aromatic heterocycles. The number of nitrogens with one attached hydrogen (secondary N) is 2. The van der Waals surface area contributed by atoms with Gasteiger partial charge < -0.3 is 34.1 Å². The number of hydrogen-bond acceptors (Lipinski definition) is 9. The molecular formula is C31H40N4O8. The molecule has 0 saturated carbocycles. The molecule has 0 aliphatic heterocycles. The van der Waals surface area contributed by atoms with E-state index >= 15 is 0 Å². The lowest BCUT2D eigenvalue weighted by molar-refractivity contribution is -0.128. The molecule has 3 amide bonds. The van der Waals surface area contributed by atoms with Crippen molar-refractivity contribution in [3.63, 3.8) is 0 Å². The number of aryl methyl sites for hydroxylation is 1. The van der Waals surface area contributed by atoms with E-state index in [0.29, 0.717) is 35.0 Å². The molecule has 3 rings (SSSR count). The standard InChI is InChI=1S/C31H40N4O8/c1-9-31(3,4)33-30(38)28(21-11-10-12-24(41-7)29(21)42-8)35(22-18-20(39-5)13-14-23(22)40-6)27(37)16-15-26(36)32-25-17-19(2)43-34-25/h10-14,17-18,28H,9,15-16H2,1-8H3,(H,33,38)(H,32,34,36)/t28-/m1/s1. The Morgan fingerprint density at radius 2 is 1.67 bits per heavy atom. The van der Waals surface area contributed by atoms with Gasteiger partial charge in [0.15, 0.2) is 17.3 Å². The molecule has 1 heterocycles. The van der Waals surface area contributed by atoms with Crippen molar-refractivity contribution >= 4 is 29.2 Å². The fourth-order valence-corrected chi connectivity index (χ4v) is 4.39. The van der Waals surface area contributed by atoms with E-state index in [2.05, 4.69) is 15.8 Å². The highest BCUT2D eigenvalue weighted by Crippen LogP contribution is 2.43. The minimum Gasteiger partial charge on any atom is -0.497 e. The Bertz CT molecular complexity index is 1430. The minimum atomic E-state index is -1.26. The van der Waals surface area contributed by atoms with Gasteiger partial charge in [0.1, 0.15) is 23.3 Å². The number of ether oxygens (including phenoxy) is 4. The van der Waals surface area contributed by atoms with E-state index in [-0.39, 0.29) is 30.1 Å². The van der Waals surface area contributed by atoms with Gasteiger partial charge in [-0.3, -0.25) is 19.3 Å². The summed E-state index contributed by atoms with van der Waals surface area (Å²) in [6.07, 6.45) is 0.173. The van der Waals surface area contributed by atoms with Crippen LogP contribution in [-0.4, -0.2) is 56.9 Å². The van der Waals surface area contributed by atoms with Crippen molar-refractivity contribution in [3.05, 3.63) is 53.8 Å². The van der Waals surface area contributed by atoms with E-state index in [1.54, 1.807) is 49.4 Å². The first-order valence-corrected chi connectivity index (χ1v) is 13.8. The second-order valence-electron chi connectivity index (χ2n) is 10.4. The van der Waals surface area contributed by atoms with Gasteiger partial charge in [-0.1, -0.05) is 24.2 Å². The maximum atomic E-state index is 14.3. The smallest absolute Gasteiger partial charge is 0.248 e. The zero-order valence-electron chi connectivity index (χ0n) is 25.9. The fourth-order valence-electron chi connectivity index (χ4n) is 4.39. The first-order chi connectivity index (χ1) is 20.5. The van der Waals surface area contributed by atoms with Crippen LogP contribution < -0.4 is 34.5 Å². The number of benzene rings is 2. The zero-order chi connectivity index (χ0) is 31.7. The number of anilines is 2. The van der Waals surface area contributed by atoms with Gasteiger partial charge in [0.2, 0.25) is 17.7 Å². The van der Waals surface area contributed by atoms with Gasteiger partial charge in [-0.15, -0.1) is 0 Å². The average Bonchev–Trinajstić information content (AvgIpc) is 3.41. The van der Waals surface area contributed by atoms with Crippen molar-refractivity contribution < 1.29 is 37.9 Å². The Morgan fingerprint density at radius 3 is 2.26 bits per heavy atom. The maximum Gasteiger partial charge on any atom is 0.248 e. The molecule has 12 nitrogen and oxygen atoms in total. The van der Waals surface area contributed by atoms with Gasteiger partial charge in [-0.2, -0.15) is 0 Å². The molecule has 0 fully saturated rings. The highest BCUT2D eigenvalue weighted by atomic mass is 16.5. The number of rotatable bonds is 14. The SMILES string of the molecule is CCC(C)(C)NC(=O)[C@@H](c1cccc(OC)c1OC)N(C(=O)CCC(=O)Nc1cc(C)on1)c1cc(OC)ccc1OC. The molecule has 2 aromatic carbocycles. The Hall–Kier alpha value is -4.74. The van der Waals surface area contributed by atoms with Crippen LogP contribution in [0.4, 0.5) is 11.5 Å². The maximum absolute atomic E-state index is 14.3. The van der Waals surface area contributed by atoms with Crippen LogP contribution in [0.1, 0.15) is 57.4 Å². The molecule has 1 atom stereocenters. The van der Waals surface area contributed by atoms with E-state index < -0.39 is 29.3 Å². The minimum absolute atomic E-state index is 0.197. The zero-order valence-corrected chi connectivity index (χ0v) is 25.9. The number of carbonyl (C=O) groups excluding carboxylic acids is 3. The van der Waals surface area contributed by atoms with Crippen LogP contribution >= 0.6 is 0 Å². The largest absolute Gasteiger partial charge is 0.497 e. The third-order valence-electron chi connectivity index (χ3n) is 6.96. The molecule has 2 N–H and O–H groups in total. The summed E-state index contributed by atoms with van der Waals surface area (Å²) in [5, 5.41) is 9.45. The highest BCUT2D eigenvalue weighted by molar-refractivity contribution is 6.04. The number of para-hydroxylation sites is 1. The Labute approximate surface area is 251 Å². The summed E-state index contributed by atoms with van der Waals surface area (Å²) >= 11 is 0. The normalized spacial score (nSPS) is 11.7. The summed E-state index contributed by atoms with van der Waals surface area (Å²) in [4.78, 5) is 42.6. The lowest BCUT2D eigenvalue weighted by atomic mass is 9.97. The monoisotopic (exact) mass is 596 g/mol. The van der Waals surface area contributed by atoms with Gasteiger partial charge in [0, 0.05) is 36.1 Å². The number of hydrogen-bond donors (Lipinski definition) is 2. The number of amides is 3. The Morgan fingerprint density at radius 1 is 0.953 bits per heavy atom. The number of nitrogens with zero attached hydrogens (tertiary/aromatic N) is 2. The van der Waals surface area contributed by atoms with Crippen LogP contribution in [0.5, 0.6) is 23.0 Å². The van der Waals surface area contributed by atoms with Crippen molar-refractivity contribution in [1.82, 2.24) is 10.5 Å². The van der Waals surface area contributed by atoms with Crippen LogP contribution in [0.25, 0.3) is 0 Å². The Balaban J connectivity index is 2.18. The molecule has 0 spiro atoms. The fraction of sp³-hybridized carbons (Fsp3) is 0.419. The predicted molar refractivity (Wildman–Crippen MR) is 161 cm³/mol. The molecule has 43 heavy (non-hydrogen) atoms. The third kappa shape index (κ3) is 7.97. The highest BCUT2D eigenvalue weighted by Gasteiger charge is 2.39. The van der Waals surface area contributed by atoms with Gasteiger partial charge >= 0.3 is 0 Å². The van der Waals surface area contributed by atoms with Crippen LogP contribution in [-0.2, 0) is 14.4 Å². The summed E-state index contributed by atoms with van der Waals surface area (Å²) in [6, 6.07) is 10.3. The number of carbonyl (C=O) groups is 3. The van der Waals surface area contributed by atoms with E-state index in [4.69, 9.17) is 23.5 Å². The van der Waals surface area contributed by atoms with Crippen LogP contribution in [0.2, 0.25) is 0 Å². The predicted octanol–water partition coefficient (Wildman–Crippen LogP) is 4.82. The summed E-state index contributed by atoms with van der Waals surface area (Å²) in [5.74, 6) is 0.700. The van der Waals surface area contributed by atoms with Crippen molar-refractivity contribution in [2.45, 2.75) is 58.5 Å². The van der Waals surface area contributed by atoms with Crippen LogP contribution in [0, 0.1) is 6.92 Å². The van der Waals surface area contributed by atoms with Crippen molar-refractivity contribution in [3.8, 4) is 23.0 Å². The third-order valence-corrected chi connectivity index (χ3v) is 6.96. The number of methoxy groups -OCH3 is 4. The van der Waals surface area contributed by atoms with Gasteiger partial charge in [0.25, 0.3) is 0 Å². The molecule has 232 valence electrons. The van der Waals surface area contributed by atoms with Crippen molar-refractivity contribution in [1.29, 1.82) is 0 Å². The molecule has 0 saturated heterocycles. The molecular weight excluding hydrogens is 556 g/mol. The average molecular weight is 597 g/mol. The summed E-state index contributed by atoms with van der Waals surface area (Å²) in [5.41, 5.74) is 0.0234. The quantitative estimate of drug-likeness (QED) is 0.268. The van der Waals surface area contributed by atoms with E-state index in [0.717, 1.165) is 0 Å². The summed E-state index contributed by atoms with van der Waals surface area (Å²) < 4.78 is 27.3. The lowest BCUT2D eigenvalue weighted by Gasteiger charge is -2.36. The second kappa shape index (κ2) is 14.4. The van der Waals surface area contributed by atoms with Crippen molar-refractivity contribution in [2.75, 3.05) is 38.7 Å².